The van der Waals surface area contributed by atoms with Gasteiger partial charge in [0.15, 0.2) is 0 Å². The van der Waals surface area contributed by atoms with Gasteiger partial charge in [-0.05, 0) is 53.2 Å². The van der Waals surface area contributed by atoms with E-state index in [0.29, 0.717) is 31.6 Å². The van der Waals surface area contributed by atoms with Gasteiger partial charge in [-0.1, -0.05) is 36.5 Å². The SMILES string of the molecule is CCCC(C)NS(=O)(=O)c1cc(C(=O)NCCN(C(C)C)C(C)C)c(Cl)cc1Cl. The Kier molecular flexibility index (Phi) is 10.4. The van der Waals surface area contributed by atoms with Gasteiger partial charge in [0.05, 0.1) is 15.6 Å². The van der Waals surface area contributed by atoms with Crippen LogP contribution in [-0.2, 0) is 10.0 Å². The third-order valence-electron chi connectivity index (χ3n) is 4.62. The van der Waals surface area contributed by atoms with E-state index in [1.165, 1.54) is 12.1 Å². The Bertz CT molecular complexity index is 790. The average Bonchev–Trinajstić information content (AvgIpc) is 2.57. The van der Waals surface area contributed by atoms with Gasteiger partial charge in [0.25, 0.3) is 5.91 Å². The number of nitrogens with zero attached hydrogens (tertiary/aromatic N) is 1. The lowest BCUT2D eigenvalue weighted by Crippen LogP contribution is -2.42. The van der Waals surface area contributed by atoms with Crippen molar-refractivity contribution < 1.29 is 13.2 Å². The van der Waals surface area contributed by atoms with Crippen molar-refractivity contribution in [3.05, 3.63) is 27.7 Å². The summed E-state index contributed by atoms with van der Waals surface area (Å²) in [5.41, 5.74) is 0.0835. The fourth-order valence-corrected chi connectivity index (χ4v) is 5.37. The number of amides is 1. The molecule has 0 aliphatic heterocycles. The summed E-state index contributed by atoms with van der Waals surface area (Å²) in [4.78, 5) is 14.7. The molecule has 1 aromatic rings. The smallest absolute Gasteiger partial charge is 0.252 e. The zero-order valence-corrected chi connectivity index (χ0v) is 20.4. The highest BCUT2D eigenvalue weighted by Crippen LogP contribution is 2.29. The van der Waals surface area contributed by atoms with Gasteiger partial charge in [-0.15, -0.1) is 0 Å². The lowest BCUT2D eigenvalue weighted by atomic mass is 10.2. The second kappa shape index (κ2) is 11.5. The van der Waals surface area contributed by atoms with Gasteiger partial charge in [-0.2, -0.15) is 0 Å². The van der Waals surface area contributed by atoms with E-state index in [-0.39, 0.29) is 26.5 Å². The molecule has 1 rings (SSSR count). The van der Waals surface area contributed by atoms with E-state index >= 15 is 0 Å². The number of carbonyl (C=O) groups is 1. The van der Waals surface area contributed by atoms with Crippen LogP contribution in [0.15, 0.2) is 17.0 Å². The van der Waals surface area contributed by atoms with Gasteiger partial charge < -0.3 is 5.32 Å². The normalized spacial score (nSPS) is 13.3. The van der Waals surface area contributed by atoms with Crippen molar-refractivity contribution >= 4 is 39.1 Å². The Labute approximate surface area is 185 Å². The Hall–Kier alpha value is -0.860. The summed E-state index contributed by atoms with van der Waals surface area (Å²) < 4.78 is 28.0. The summed E-state index contributed by atoms with van der Waals surface area (Å²) in [5.74, 6) is -0.433. The lowest BCUT2D eigenvalue weighted by molar-refractivity contribution is 0.0939. The highest BCUT2D eigenvalue weighted by atomic mass is 35.5. The first-order chi connectivity index (χ1) is 13.4. The van der Waals surface area contributed by atoms with Crippen LogP contribution in [0, 0.1) is 0 Å². The van der Waals surface area contributed by atoms with Crippen LogP contribution < -0.4 is 10.0 Å². The Morgan fingerprint density at radius 3 is 2.17 bits per heavy atom. The molecular formula is C20H33Cl2N3O3S. The van der Waals surface area contributed by atoms with Crippen molar-refractivity contribution in [2.45, 2.75) is 77.4 Å². The molecule has 1 atom stereocenters. The molecule has 0 heterocycles. The monoisotopic (exact) mass is 465 g/mol. The zero-order valence-electron chi connectivity index (χ0n) is 18.1. The molecule has 6 nitrogen and oxygen atoms in total. The molecule has 0 aliphatic rings. The molecule has 1 amide bonds. The molecule has 0 spiro atoms. The minimum Gasteiger partial charge on any atom is -0.351 e. The molecule has 29 heavy (non-hydrogen) atoms. The molecular weight excluding hydrogens is 433 g/mol. The van der Waals surface area contributed by atoms with Gasteiger partial charge in [-0.25, -0.2) is 13.1 Å². The summed E-state index contributed by atoms with van der Waals surface area (Å²) in [5, 5.41) is 2.90. The number of sulfonamides is 1. The third-order valence-corrected chi connectivity index (χ3v) is 6.98. The number of nitrogens with one attached hydrogen (secondary N) is 2. The predicted octanol–water partition coefficient (Wildman–Crippen LogP) is 4.31. The maximum atomic E-state index is 12.7. The molecule has 166 valence electrons. The van der Waals surface area contributed by atoms with Crippen molar-refractivity contribution in [1.29, 1.82) is 0 Å². The van der Waals surface area contributed by atoms with Crippen LogP contribution in [0.3, 0.4) is 0 Å². The van der Waals surface area contributed by atoms with Crippen molar-refractivity contribution in [2.24, 2.45) is 0 Å². The number of benzene rings is 1. The topological polar surface area (TPSA) is 78.5 Å². The van der Waals surface area contributed by atoms with Gasteiger partial charge in [0, 0.05) is 31.2 Å². The van der Waals surface area contributed by atoms with E-state index in [0.717, 1.165) is 6.42 Å². The molecule has 1 aromatic carbocycles. The standard InChI is InChI=1S/C20H33Cl2N3O3S/c1-7-8-15(6)24-29(27,28)19-11-16(17(21)12-18(19)22)20(26)23-9-10-25(13(2)3)14(4)5/h11-15,24H,7-10H2,1-6H3,(H,23,26). The fraction of sp³-hybridized carbons (Fsp3) is 0.650. The highest BCUT2D eigenvalue weighted by molar-refractivity contribution is 7.89. The highest BCUT2D eigenvalue weighted by Gasteiger charge is 2.24. The number of hydrogen-bond acceptors (Lipinski definition) is 4. The van der Waals surface area contributed by atoms with E-state index in [1.54, 1.807) is 6.92 Å². The maximum absolute atomic E-state index is 12.7. The fourth-order valence-electron chi connectivity index (χ4n) is 3.24. The van der Waals surface area contributed by atoms with Crippen LogP contribution >= 0.6 is 23.2 Å². The van der Waals surface area contributed by atoms with Crippen LogP contribution in [0.1, 0.15) is 64.7 Å². The van der Waals surface area contributed by atoms with Gasteiger partial charge in [0.1, 0.15) is 4.90 Å². The molecule has 0 aliphatic carbocycles. The minimum absolute atomic E-state index is 0.0199. The average molecular weight is 466 g/mol. The maximum Gasteiger partial charge on any atom is 0.252 e. The van der Waals surface area contributed by atoms with Crippen molar-refractivity contribution in [2.75, 3.05) is 13.1 Å². The van der Waals surface area contributed by atoms with Gasteiger partial charge >= 0.3 is 0 Å². The van der Waals surface area contributed by atoms with E-state index in [1.807, 2.05) is 6.92 Å². The number of hydrogen-bond donors (Lipinski definition) is 2. The van der Waals surface area contributed by atoms with Crippen molar-refractivity contribution in [1.82, 2.24) is 14.9 Å². The molecule has 0 fully saturated rings. The van der Waals surface area contributed by atoms with Crippen LogP contribution in [-0.4, -0.2) is 50.4 Å². The largest absolute Gasteiger partial charge is 0.351 e. The molecule has 0 saturated heterocycles. The zero-order chi connectivity index (χ0) is 22.4. The molecule has 9 heteroatoms. The molecule has 2 N–H and O–H groups in total. The summed E-state index contributed by atoms with van der Waals surface area (Å²) in [7, 11) is -3.87. The van der Waals surface area contributed by atoms with Crippen molar-refractivity contribution in [3.63, 3.8) is 0 Å². The van der Waals surface area contributed by atoms with E-state index in [4.69, 9.17) is 23.2 Å². The minimum atomic E-state index is -3.87. The number of rotatable bonds is 11. The first-order valence-corrected chi connectivity index (χ1v) is 12.2. The Morgan fingerprint density at radius 1 is 1.07 bits per heavy atom. The van der Waals surface area contributed by atoms with Crippen LogP contribution in [0.4, 0.5) is 0 Å². The van der Waals surface area contributed by atoms with E-state index in [9.17, 15) is 13.2 Å². The van der Waals surface area contributed by atoms with E-state index < -0.39 is 15.9 Å². The lowest BCUT2D eigenvalue weighted by Gasteiger charge is -2.30. The Balaban J connectivity index is 3.00. The van der Waals surface area contributed by atoms with Gasteiger partial charge in [0.2, 0.25) is 10.0 Å². The first kappa shape index (κ1) is 26.2. The van der Waals surface area contributed by atoms with Crippen molar-refractivity contribution in [3.8, 4) is 0 Å². The van der Waals surface area contributed by atoms with E-state index in [2.05, 4.69) is 42.6 Å². The number of halogens is 2. The summed E-state index contributed by atoms with van der Waals surface area (Å²) in [6.07, 6.45) is 1.54. The third kappa shape index (κ3) is 7.72. The van der Waals surface area contributed by atoms with Gasteiger partial charge in [-0.3, -0.25) is 9.69 Å². The molecule has 0 bridgehead atoms. The van der Waals surface area contributed by atoms with Crippen LogP contribution in [0.25, 0.3) is 0 Å². The summed E-state index contributed by atoms with van der Waals surface area (Å²) >= 11 is 12.3. The second-order valence-corrected chi connectivity index (χ2v) is 10.3. The first-order valence-electron chi connectivity index (χ1n) is 9.96. The molecule has 0 radical (unpaired) electrons. The molecule has 1 unspecified atom stereocenters. The quantitative estimate of drug-likeness (QED) is 0.510. The summed E-state index contributed by atoms with van der Waals surface area (Å²) in [6.45, 7) is 13.2. The second-order valence-electron chi connectivity index (χ2n) is 7.75. The van der Waals surface area contributed by atoms with Crippen LogP contribution in [0.5, 0.6) is 0 Å². The summed E-state index contributed by atoms with van der Waals surface area (Å²) in [6, 6.07) is 2.99. The van der Waals surface area contributed by atoms with Crippen LogP contribution in [0.2, 0.25) is 10.0 Å². The Morgan fingerprint density at radius 2 is 1.66 bits per heavy atom. The predicted molar refractivity (Wildman–Crippen MR) is 120 cm³/mol. The molecule has 0 aromatic heterocycles. The molecule has 0 saturated carbocycles. The number of carbonyl (C=O) groups excluding carboxylic acids is 1.